The second-order valence-electron chi connectivity index (χ2n) is 4.37. The minimum atomic E-state index is -3.10. The lowest BCUT2D eigenvalue weighted by Gasteiger charge is -2.42. The summed E-state index contributed by atoms with van der Waals surface area (Å²) in [6, 6.07) is -0.296. The van der Waals surface area contributed by atoms with Crippen molar-refractivity contribution in [2.75, 3.05) is 18.6 Å². The third kappa shape index (κ3) is 4.61. The largest absolute Gasteiger partial charge is 0.376 e. The average molecular weight is 264 g/mol. The van der Waals surface area contributed by atoms with E-state index in [1.54, 1.807) is 0 Å². The van der Waals surface area contributed by atoms with Gasteiger partial charge in [0, 0.05) is 25.3 Å². The number of nitrogens with one attached hydrogen (secondary N) is 1. The van der Waals surface area contributed by atoms with E-state index in [-0.39, 0.29) is 36.3 Å². The molecule has 3 atom stereocenters. The molecule has 0 aromatic carbocycles. The fraction of sp³-hybridized carbons (Fsp3) is 0.900. The third-order valence-electron chi connectivity index (χ3n) is 2.77. The van der Waals surface area contributed by atoms with Crippen molar-refractivity contribution in [3.63, 3.8) is 0 Å². The molecule has 1 fully saturated rings. The number of hydrogen-bond donors (Lipinski definition) is 2. The summed E-state index contributed by atoms with van der Waals surface area (Å²) in [6.07, 6.45) is 1.77. The Bertz CT molecular complexity index is 367. The number of carbonyl (C=O) groups excluding carboxylic acids is 1. The molecule has 1 aliphatic carbocycles. The Balaban J connectivity index is 2.35. The number of amides is 1. The van der Waals surface area contributed by atoms with E-state index in [9.17, 15) is 13.2 Å². The van der Waals surface area contributed by atoms with Gasteiger partial charge in [0.15, 0.2) is 0 Å². The molecule has 17 heavy (non-hydrogen) atoms. The molecule has 0 radical (unpaired) electrons. The summed E-state index contributed by atoms with van der Waals surface area (Å²) in [7, 11) is -3.10. The zero-order valence-corrected chi connectivity index (χ0v) is 11.0. The number of rotatable bonds is 6. The van der Waals surface area contributed by atoms with Crippen LogP contribution in [0.25, 0.3) is 0 Å². The average Bonchev–Trinajstić information content (AvgIpc) is 2.22. The van der Waals surface area contributed by atoms with Crippen molar-refractivity contribution in [3.8, 4) is 0 Å². The Kier molecular flexibility index (Phi) is 4.91. The molecular formula is C10H20N2O4S. The molecule has 0 aliphatic heterocycles. The van der Waals surface area contributed by atoms with Crippen molar-refractivity contribution in [3.05, 3.63) is 0 Å². The molecule has 0 aromatic rings. The number of carbonyl (C=O) groups is 1. The second kappa shape index (κ2) is 5.79. The SMILES string of the molecule is CCOC1CC(N)C1NC(=O)CCS(C)(=O)=O. The van der Waals surface area contributed by atoms with E-state index in [4.69, 9.17) is 10.5 Å². The van der Waals surface area contributed by atoms with Gasteiger partial charge < -0.3 is 15.8 Å². The van der Waals surface area contributed by atoms with Gasteiger partial charge in [0.05, 0.1) is 17.9 Å². The minimum absolute atomic E-state index is 0.0269. The Morgan fingerprint density at radius 3 is 2.65 bits per heavy atom. The fourth-order valence-corrected chi connectivity index (χ4v) is 2.32. The number of hydrogen-bond acceptors (Lipinski definition) is 5. The lowest BCUT2D eigenvalue weighted by Crippen LogP contribution is -2.64. The first-order valence-electron chi connectivity index (χ1n) is 5.67. The van der Waals surface area contributed by atoms with Crippen molar-refractivity contribution < 1.29 is 17.9 Å². The quantitative estimate of drug-likeness (QED) is 0.644. The van der Waals surface area contributed by atoms with Gasteiger partial charge in [-0.2, -0.15) is 0 Å². The lowest BCUT2D eigenvalue weighted by molar-refractivity contribution is -0.125. The Labute approximate surface area is 102 Å². The van der Waals surface area contributed by atoms with Crippen LogP contribution in [0.2, 0.25) is 0 Å². The Hall–Kier alpha value is -0.660. The van der Waals surface area contributed by atoms with Gasteiger partial charge in [-0.3, -0.25) is 4.79 Å². The van der Waals surface area contributed by atoms with E-state index in [0.29, 0.717) is 6.61 Å². The first-order chi connectivity index (χ1) is 7.83. The number of ether oxygens (including phenoxy) is 1. The molecule has 3 unspecified atom stereocenters. The van der Waals surface area contributed by atoms with Crippen molar-refractivity contribution in [2.24, 2.45) is 5.73 Å². The smallest absolute Gasteiger partial charge is 0.221 e. The van der Waals surface area contributed by atoms with Crippen LogP contribution in [-0.2, 0) is 19.4 Å². The molecule has 0 heterocycles. The van der Waals surface area contributed by atoms with Crippen LogP contribution in [-0.4, -0.2) is 51.1 Å². The van der Waals surface area contributed by atoms with Gasteiger partial charge in [-0.15, -0.1) is 0 Å². The Morgan fingerprint density at radius 1 is 1.53 bits per heavy atom. The van der Waals surface area contributed by atoms with Crippen LogP contribution in [0.15, 0.2) is 0 Å². The van der Waals surface area contributed by atoms with E-state index in [1.807, 2.05) is 6.92 Å². The van der Waals surface area contributed by atoms with Crippen LogP contribution >= 0.6 is 0 Å². The van der Waals surface area contributed by atoms with Gasteiger partial charge in [-0.05, 0) is 13.3 Å². The number of sulfone groups is 1. The molecule has 1 saturated carbocycles. The second-order valence-corrected chi connectivity index (χ2v) is 6.63. The van der Waals surface area contributed by atoms with E-state index >= 15 is 0 Å². The molecule has 7 heteroatoms. The van der Waals surface area contributed by atoms with Crippen LogP contribution in [0.4, 0.5) is 0 Å². The van der Waals surface area contributed by atoms with Gasteiger partial charge in [-0.25, -0.2) is 8.42 Å². The highest BCUT2D eigenvalue weighted by molar-refractivity contribution is 7.90. The number of nitrogens with two attached hydrogens (primary N) is 1. The fourth-order valence-electron chi connectivity index (χ4n) is 1.76. The highest BCUT2D eigenvalue weighted by Crippen LogP contribution is 2.22. The molecule has 100 valence electrons. The van der Waals surface area contributed by atoms with E-state index in [1.165, 1.54) is 0 Å². The maximum atomic E-state index is 11.5. The summed E-state index contributed by atoms with van der Waals surface area (Å²) in [6.45, 7) is 2.46. The van der Waals surface area contributed by atoms with Gasteiger partial charge in [0.25, 0.3) is 0 Å². The maximum absolute atomic E-state index is 11.5. The molecule has 0 spiro atoms. The van der Waals surface area contributed by atoms with Gasteiger partial charge in [0.1, 0.15) is 9.84 Å². The van der Waals surface area contributed by atoms with E-state index in [2.05, 4.69) is 5.32 Å². The zero-order chi connectivity index (χ0) is 13.1. The van der Waals surface area contributed by atoms with Crippen LogP contribution in [0.1, 0.15) is 19.8 Å². The van der Waals surface area contributed by atoms with Gasteiger partial charge in [0.2, 0.25) is 5.91 Å². The molecule has 0 bridgehead atoms. The third-order valence-corrected chi connectivity index (χ3v) is 3.72. The molecule has 0 saturated heterocycles. The predicted molar refractivity (Wildman–Crippen MR) is 64.3 cm³/mol. The molecule has 6 nitrogen and oxygen atoms in total. The Morgan fingerprint density at radius 2 is 2.18 bits per heavy atom. The molecule has 1 amide bonds. The summed E-state index contributed by atoms with van der Waals surface area (Å²) >= 11 is 0. The monoisotopic (exact) mass is 264 g/mol. The molecule has 1 aliphatic rings. The van der Waals surface area contributed by atoms with Crippen molar-refractivity contribution in [1.82, 2.24) is 5.32 Å². The maximum Gasteiger partial charge on any atom is 0.221 e. The van der Waals surface area contributed by atoms with Crippen LogP contribution in [0.5, 0.6) is 0 Å². The molecule has 3 N–H and O–H groups in total. The summed E-state index contributed by atoms with van der Waals surface area (Å²) in [5.74, 6) is -0.430. The van der Waals surface area contributed by atoms with Crippen molar-refractivity contribution in [1.29, 1.82) is 0 Å². The molecule has 0 aromatic heterocycles. The minimum Gasteiger partial charge on any atom is -0.376 e. The van der Waals surface area contributed by atoms with Crippen LogP contribution < -0.4 is 11.1 Å². The molecular weight excluding hydrogens is 244 g/mol. The zero-order valence-electron chi connectivity index (χ0n) is 10.2. The van der Waals surface area contributed by atoms with Crippen molar-refractivity contribution >= 4 is 15.7 Å². The normalized spacial score (nSPS) is 28.5. The molecule has 1 rings (SSSR count). The first-order valence-corrected chi connectivity index (χ1v) is 7.74. The van der Waals surface area contributed by atoms with Gasteiger partial charge in [-0.1, -0.05) is 0 Å². The topological polar surface area (TPSA) is 98.5 Å². The predicted octanol–water partition coefficient (Wildman–Crippen LogP) is -0.958. The highest BCUT2D eigenvalue weighted by atomic mass is 32.2. The van der Waals surface area contributed by atoms with Crippen molar-refractivity contribution in [2.45, 2.75) is 38.0 Å². The van der Waals surface area contributed by atoms with Crippen LogP contribution in [0, 0.1) is 0 Å². The summed E-state index contributed by atoms with van der Waals surface area (Å²) < 4.78 is 27.2. The van der Waals surface area contributed by atoms with Crippen LogP contribution in [0.3, 0.4) is 0 Å². The summed E-state index contributed by atoms with van der Waals surface area (Å²) in [5.41, 5.74) is 5.76. The van der Waals surface area contributed by atoms with Gasteiger partial charge >= 0.3 is 0 Å². The summed E-state index contributed by atoms with van der Waals surface area (Å²) in [4.78, 5) is 11.5. The van der Waals surface area contributed by atoms with E-state index in [0.717, 1.165) is 12.7 Å². The van der Waals surface area contributed by atoms with E-state index < -0.39 is 9.84 Å². The standard InChI is InChI=1S/C10H20N2O4S/c1-3-16-8-6-7(11)10(8)12-9(13)4-5-17(2,14)15/h7-8,10H,3-6,11H2,1-2H3,(H,12,13). The lowest BCUT2D eigenvalue weighted by atomic mass is 9.83. The summed E-state index contributed by atoms with van der Waals surface area (Å²) in [5, 5.41) is 2.72. The first kappa shape index (κ1) is 14.4. The highest BCUT2D eigenvalue weighted by Gasteiger charge is 2.40.